The second kappa shape index (κ2) is 30.2. The third-order valence-electron chi connectivity index (χ3n) is 4.31. The summed E-state index contributed by atoms with van der Waals surface area (Å²) in [5, 5.41) is 20.3. The number of carbonyl (C=O) groups excluding carboxylic acids is 6. The lowest BCUT2D eigenvalue weighted by molar-refractivity contribution is -0.150. The molecule has 0 aromatic rings. The van der Waals surface area contributed by atoms with Crippen LogP contribution in [0.15, 0.2) is 36.5 Å². The van der Waals surface area contributed by atoms with Crippen molar-refractivity contribution in [2.75, 3.05) is 53.4 Å². The molecule has 1 rings (SSSR count). The molecule has 1 fully saturated rings. The van der Waals surface area contributed by atoms with Gasteiger partial charge in [-0.1, -0.05) is 34.1 Å². The molecule has 0 radical (unpaired) electrons. The van der Waals surface area contributed by atoms with Gasteiger partial charge in [0.1, 0.15) is 39.1 Å². The van der Waals surface area contributed by atoms with Crippen LogP contribution in [-0.4, -0.2) is 118 Å². The highest BCUT2D eigenvalue weighted by molar-refractivity contribution is 5.87. The number of amides is 1. The van der Waals surface area contributed by atoms with Gasteiger partial charge < -0.3 is 60.2 Å². The molecule has 18 heteroatoms. The molecule has 1 saturated heterocycles. The highest BCUT2D eigenvalue weighted by Crippen LogP contribution is 2.07. The molecule has 3 unspecified atom stereocenters. The van der Waals surface area contributed by atoms with Crippen molar-refractivity contribution in [3.63, 3.8) is 0 Å². The average molecular weight is 682 g/mol. The first-order valence-electron chi connectivity index (χ1n) is 13.5. The van der Waals surface area contributed by atoms with Crippen LogP contribution in [0.5, 0.6) is 0 Å². The number of aliphatic hydroxyl groups excluding tert-OH is 2. The molecule has 47 heavy (non-hydrogen) atoms. The molecule has 1 aliphatic heterocycles. The summed E-state index contributed by atoms with van der Waals surface area (Å²) in [5.41, 5.74) is 10.1. The predicted octanol–water partition coefficient (Wildman–Crippen LogP) is 0.381. The van der Waals surface area contributed by atoms with Gasteiger partial charge in [0.2, 0.25) is 0 Å². The summed E-state index contributed by atoms with van der Waals surface area (Å²) >= 11 is 0. The Morgan fingerprint density at radius 2 is 1.36 bits per heavy atom. The Kier molecular flexibility index (Phi) is 31.7. The minimum Gasteiger partial charge on any atom is -0.463 e. The monoisotopic (exact) mass is 681 g/mol. The van der Waals surface area contributed by atoms with Crippen molar-refractivity contribution < 1.29 is 72.1 Å². The topological polar surface area (TPSA) is 272 Å². The van der Waals surface area contributed by atoms with Crippen molar-refractivity contribution >= 4 is 36.1 Å². The van der Waals surface area contributed by atoms with Crippen molar-refractivity contribution in [1.82, 2.24) is 5.32 Å². The number of hydrogen-bond donors (Lipinski definition) is 5. The molecule has 1 heterocycles. The fourth-order valence-corrected chi connectivity index (χ4v) is 2.00. The summed E-state index contributed by atoms with van der Waals surface area (Å²) in [7, 11) is 1.39. The van der Waals surface area contributed by atoms with E-state index in [1.165, 1.54) is 20.9 Å². The second-order valence-corrected chi connectivity index (χ2v) is 8.82. The molecule has 0 spiro atoms. The molecule has 0 aliphatic carbocycles. The van der Waals surface area contributed by atoms with E-state index in [4.69, 9.17) is 14.6 Å². The second-order valence-electron chi connectivity index (χ2n) is 8.82. The standard InChI is InChI=1S/C10H16O5.C9H15NO5.C8H10O5.CH6N2.CH4/c1-4-9(12)14-5-8(11)6-15-10(13)7(2)3;1-6(2)8(12)14-5-7(4-11)15-9(13)10-3;1-5(2)7(9)11-3-6-4-12-8(10)13-6;2-1-3;/h8,11H,2,4-6H2,1,3H3;7,11H,1,4-5H2,2-3H3,(H,10,13);6H,1,3-4H2,2H3;1-3H2;1H4. The van der Waals surface area contributed by atoms with Gasteiger partial charge in [-0.05, 0) is 20.8 Å². The highest BCUT2D eigenvalue weighted by Gasteiger charge is 2.26. The quantitative estimate of drug-likeness (QED) is 0.0717. The zero-order valence-electron chi connectivity index (χ0n) is 26.9. The van der Waals surface area contributed by atoms with E-state index in [1.807, 2.05) is 0 Å². The Morgan fingerprint density at radius 3 is 1.74 bits per heavy atom. The van der Waals surface area contributed by atoms with Gasteiger partial charge in [-0.3, -0.25) is 4.79 Å². The summed E-state index contributed by atoms with van der Waals surface area (Å²) in [6.45, 7) is 15.7. The normalized spacial score (nSPS) is 13.4. The Balaban J connectivity index is -0.000000280. The molecule has 0 saturated carbocycles. The van der Waals surface area contributed by atoms with Crippen molar-refractivity contribution in [2.45, 2.75) is 59.9 Å². The lowest BCUT2D eigenvalue weighted by Gasteiger charge is -2.14. The van der Waals surface area contributed by atoms with E-state index in [2.05, 4.69) is 60.2 Å². The summed E-state index contributed by atoms with van der Waals surface area (Å²) < 4.78 is 32.5. The Bertz CT molecular complexity index is 1020. The number of esters is 4. The van der Waals surface area contributed by atoms with Gasteiger partial charge >= 0.3 is 36.1 Å². The van der Waals surface area contributed by atoms with Crippen LogP contribution in [0, 0.1) is 0 Å². The van der Waals surface area contributed by atoms with Gasteiger partial charge in [0.05, 0.1) is 6.61 Å². The van der Waals surface area contributed by atoms with Crippen molar-refractivity contribution in [3.8, 4) is 0 Å². The molecule has 1 amide bonds. The van der Waals surface area contributed by atoms with Crippen LogP contribution < -0.4 is 16.8 Å². The lowest BCUT2D eigenvalue weighted by atomic mass is 10.3. The largest absolute Gasteiger partial charge is 0.508 e. The first kappa shape index (κ1) is 49.4. The number of alkyl carbamates (subject to hydrolysis) is 1. The van der Waals surface area contributed by atoms with Crippen LogP contribution in [-0.2, 0) is 52.3 Å². The average Bonchev–Trinajstić information content (AvgIpc) is 3.44. The number of carbonyl (C=O) groups is 6. The minimum atomic E-state index is -0.996. The maximum Gasteiger partial charge on any atom is 0.508 e. The SMILES string of the molecule is C.C=C(C)C(=O)OCC(CO)OC(=O)NC.C=C(C)C(=O)OCC(O)COC(=O)CC.C=C(C)C(=O)OCC1COC(=O)O1.NCN. The third-order valence-corrected chi connectivity index (χ3v) is 4.31. The number of ether oxygens (including phenoxy) is 7. The zero-order chi connectivity index (χ0) is 36.2. The molecular weight excluding hydrogens is 630 g/mol. The first-order chi connectivity index (χ1) is 21.5. The molecule has 1 aliphatic rings. The van der Waals surface area contributed by atoms with E-state index in [9.17, 15) is 33.9 Å². The van der Waals surface area contributed by atoms with Gasteiger partial charge in [-0.15, -0.1) is 0 Å². The number of cyclic esters (lactones) is 2. The highest BCUT2D eigenvalue weighted by atomic mass is 16.8. The first-order valence-corrected chi connectivity index (χ1v) is 13.5. The summed E-state index contributed by atoms with van der Waals surface area (Å²) in [5.74, 6) is -2.06. The van der Waals surface area contributed by atoms with Gasteiger partial charge in [-0.25, -0.2) is 24.0 Å². The Hall–Kier alpha value is -4.52. The van der Waals surface area contributed by atoms with E-state index in [-0.39, 0.29) is 64.7 Å². The molecule has 3 atom stereocenters. The Morgan fingerprint density at radius 1 is 0.915 bits per heavy atom. The number of aliphatic hydroxyl groups is 2. The van der Waals surface area contributed by atoms with Crippen LogP contribution in [0.3, 0.4) is 0 Å². The maximum atomic E-state index is 11.0. The lowest BCUT2D eigenvalue weighted by Crippen LogP contribution is -2.32. The summed E-state index contributed by atoms with van der Waals surface area (Å²) in [6.07, 6.45) is -3.53. The van der Waals surface area contributed by atoms with Crippen molar-refractivity contribution in [1.29, 1.82) is 0 Å². The number of rotatable bonds is 14. The van der Waals surface area contributed by atoms with Crippen molar-refractivity contribution in [2.24, 2.45) is 11.5 Å². The summed E-state index contributed by atoms with van der Waals surface area (Å²) in [6, 6.07) is 0. The number of nitrogens with two attached hydrogens (primary N) is 2. The Labute approximate surface area is 274 Å². The van der Waals surface area contributed by atoms with Crippen molar-refractivity contribution in [3.05, 3.63) is 36.5 Å². The molecule has 272 valence electrons. The van der Waals surface area contributed by atoms with Crippen LogP contribution in [0.25, 0.3) is 0 Å². The molecule has 0 bridgehead atoms. The van der Waals surface area contributed by atoms with E-state index in [0.717, 1.165) is 0 Å². The van der Waals surface area contributed by atoms with Gasteiger partial charge in [0.15, 0.2) is 12.2 Å². The van der Waals surface area contributed by atoms with E-state index in [1.54, 1.807) is 13.8 Å². The fourth-order valence-electron chi connectivity index (χ4n) is 2.00. The van der Waals surface area contributed by atoms with E-state index in [0.29, 0.717) is 5.57 Å². The van der Waals surface area contributed by atoms with Gasteiger partial charge in [0.25, 0.3) is 0 Å². The minimum absolute atomic E-state index is 0. The predicted molar refractivity (Wildman–Crippen MR) is 167 cm³/mol. The van der Waals surface area contributed by atoms with Gasteiger partial charge in [0, 0.05) is 36.9 Å². The molecule has 0 aromatic carbocycles. The molecule has 7 N–H and O–H groups in total. The maximum absolute atomic E-state index is 11.0. The zero-order valence-corrected chi connectivity index (χ0v) is 26.9. The van der Waals surface area contributed by atoms with Crippen LogP contribution >= 0.6 is 0 Å². The molecule has 0 aromatic heterocycles. The van der Waals surface area contributed by atoms with Crippen LogP contribution in [0.4, 0.5) is 9.59 Å². The van der Waals surface area contributed by atoms with Gasteiger partial charge in [-0.2, -0.15) is 0 Å². The molecule has 18 nitrogen and oxygen atoms in total. The third kappa shape index (κ3) is 29.9. The smallest absolute Gasteiger partial charge is 0.463 e. The molecular formula is C29H51N3O15. The number of hydrogen-bond acceptors (Lipinski definition) is 17. The van der Waals surface area contributed by atoms with E-state index >= 15 is 0 Å². The van der Waals surface area contributed by atoms with Crippen LogP contribution in [0.2, 0.25) is 0 Å². The summed E-state index contributed by atoms with van der Waals surface area (Å²) in [4.78, 5) is 64.6. The number of nitrogens with one attached hydrogen (secondary N) is 1. The fraction of sp³-hybridized carbons (Fsp3) is 0.586. The van der Waals surface area contributed by atoms with E-state index < -0.39 is 61.0 Å². The van der Waals surface area contributed by atoms with Crippen LogP contribution in [0.1, 0.15) is 41.5 Å².